The molecule has 0 aliphatic rings. The van der Waals surface area contributed by atoms with Crippen molar-refractivity contribution < 1.29 is 4.39 Å². The van der Waals surface area contributed by atoms with Crippen molar-refractivity contribution in [3.05, 3.63) is 0 Å². The summed E-state index contributed by atoms with van der Waals surface area (Å²) in [5.41, 5.74) is 0.552. The third-order valence-corrected chi connectivity index (χ3v) is 1.28. The molecule has 1 heteroatoms. The fraction of sp³-hybridized carbons (Fsp3) is 1.00. The van der Waals surface area contributed by atoms with Crippen LogP contribution in [0.1, 0.15) is 47.0 Å². The summed E-state index contributed by atoms with van der Waals surface area (Å²) in [7, 11) is 0.500. The van der Waals surface area contributed by atoms with Gasteiger partial charge >= 0.3 is 0 Å². The van der Waals surface area contributed by atoms with Gasteiger partial charge in [-0.1, -0.05) is 40.5 Å². The smallest absolute Gasteiger partial charge is 0.0785 e. The van der Waals surface area contributed by atoms with Gasteiger partial charge in [-0.2, -0.15) is 0 Å². The van der Waals surface area contributed by atoms with Gasteiger partial charge in [-0.3, -0.25) is 4.39 Å². The molecule has 64 valence electrons. The van der Waals surface area contributed by atoms with E-state index in [-0.39, 0.29) is 0 Å². The van der Waals surface area contributed by atoms with Crippen molar-refractivity contribution in [2.75, 3.05) is 7.18 Å². The molecule has 0 N–H and O–H groups in total. The Morgan fingerprint density at radius 1 is 1.10 bits per heavy atom. The van der Waals surface area contributed by atoms with Gasteiger partial charge in [0.25, 0.3) is 0 Å². The normalized spacial score (nSPS) is 10.2. The Morgan fingerprint density at radius 3 is 1.60 bits per heavy atom. The van der Waals surface area contributed by atoms with Crippen LogP contribution in [0, 0.1) is 5.41 Å². The zero-order valence-electron chi connectivity index (χ0n) is 8.00. The summed E-state index contributed by atoms with van der Waals surface area (Å²) in [5.74, 6) is 0. The Bertz CT molecular complexity index is 52.2. The molecule has 0 amide bonds. The first-order chi connectivity index (χ1) is 4.56. The lowest BCUT2D eigenvalue weighted by atomic mass is 9.90. The van der Waals surface area contributed by atoms with Crippen molar-refractivity contribution in [3.8, 4) is 0 Å². The Kier molecular flexibility index (Phi) is 8.87. The first-order valence-corrected chi connectivity index (χ1v) is 3.94. The van der Waals surface area contributed by atoms with Crippen molar-refractivity contribution in [2.45, 2.75) is 47.0 Å². The second kappa shape index (κ2) is 7.04. The predicted octanol–water partition coefficient (Wildman–Crippen LogP) is 3.81. The first-order valence-electron chi connectivity index (χ1n) is 3.94. The summed E-state index contributed by atoms with van der Waals surface area (Å²) in [5, 5.41) is 0. The third-order valence-electron chi connectivity index (χ3n) is 1.28. The van der Waals surface area contributed by atoms with E-state index in [1.165, 1.54) is 19.3 Å². The number of hydrogen-bond acceptors (Lipinski definition) is 0. The van der Waals surface area contributed by atoms with Crippen LogP contribution in [-0.2, 0) is 0 Å². The molecular weight excluding hydrogens is 127 g/mol. The lowest BCUT2D eigenvalue weighted by Crippen LogP contribution is -2.03. The maximum absolute atomic E-state index is 9.50. The van der Waals surface area contributed by atoms with E-state index in [4.69, 9.17) is 0 Å². The van der Waals surface area contributed by atoms with Gasteiger partial charge in [-0.05, 0) is 11.8 Å². The number of hydrogen-bond donors (Lipinski definition) is 0. The van der Waals surface area contributed by atoms with Gasteiger partial charge < -0.3 is 0 Å². The third kappa shape index (κ3) is 15.7. The van der Waals surface area contributed by atoms with E-state index in [0.717, 1.165) is 0 Å². The highest BCUT2D eigenvalue weighted by molar-refractivity contribution is 4.59. The van der Waals surface area contributed by atoms with Crippen molar-refractivity contribution in [1.29, 1.82) is 0 Å². The van der Waals surface area contributed by atoms with Gasteiger partial charge in [-0.25, -0.2) is 0 Å². The molecule has 0 nitrogen and oxygen atoms in total. The van der Waals surface area contributed by atoms with E-state index in [9.17, 15) is 4.39 Å². The van der Waals surface area contributed by atoms with Crippen molar-refractivity contribution >= 4 is 0 Å². The topological polar surface area (TPSA) is 0 Å². The molecule has 0 aliphatic carbocycles. The average molecular weight is 148 g/mol. The van der Waals surface area contributed by atoms with E-state index in [0.29, 0.717) is 12.6 Å². The number of alkyl halides is 1. The minimum Gasteiger partial charge on any atom is -0.255 e. The van der Waals surface area contributed by atoms with Gasteiger partial charge in [0, 0.05) is 0 Å². The van der Waals surface area contributed by atoms with E-state index < -0.39 is 0 Å². The zero-order chi connectivity index (χ0) is 8.62. The van der Waals surface area contributed by atoms with Gasteiger partial charge in [0.2, 0.25) is 0 Å². The van der Waals surface area contributed by atoms with Gasteiger partial charge in [0.1, 0.15) is 0 Å². The van der Waals surface area contributed by atoms with Gasteiger partial charge in [0.05, 0.1) is 7.18 Å². The summed E-state index contributed by atoms with van der Waals surface area (Å²) >= 11 is 0. The largest absolute Gasteiger partial charge is 0.255 e. The minimum absolute atomic E-state index is 0.500. The van der Waals surface area contributed by atoms with Crippen LogP contribution >= 0.6 is 0 Å². The van der Waals surface area contributed by atoms with Crippen LogP contribution in [0.2, 0.25) is 0 Å². The highest BCUT2D eigenvalue weighted by Crippen LogP contribution is 2.20. The van der Waals surface area contributed by atoms with Crippen LogP contribution in [0.4, 0.5) is 4.39 Å². The average Bonchev–Trinajstić information content (AvgIpc) is 1.87. The Morgan fingerprint density at radius 2 is 1.50 bits per heavy atom. The van der Waals surface area contributed by atoms with Crippen molar-refractivity contribution in [1.82, 2.24) is 0 Å². The highest BCUT2D eigenvalue weighted by Gasteiger charge is 2.07. The van der Waals surface area contributed by atoms with Crippen LogP contribution in [0.15, 0.2) is 0 Å². The second-order valence-corrected chi connectivity index (χ2v) is 3.66. The molecule has 0 rings (SSSR count). The summed E-state index contributed by atoms with van der Waals surface area (Å²) in [6.07, 6.45) is 4.07. The van der Waals surface area contributed by atoms with Gasteiger partial charge in [-0.15, -0.1) is 0 Å². The molecule has 0 aromatic heterocycles. The molecule has 0 unspecified atom stereocenters. The summed E-state index contributed by atoms with van der Waals surface area (Å²) in [6.45, 7) is 9.12. The molecule has 0 fully saturated rings. The van der Waals surface area contributed by atoms with E-state index >= 15 is 0 Å². The highest BCUT2D eigenvalue weighted by atomic mass is 19.1. The minimum atomic E-state index is 0.500. The molecule has 0 radical (unpaired) electrons. The fourth-order valence-corrected chi connectivity index (χ4v) is 0.707. The van der Waals surface area contributed by atoms with Crippen LogP contribution in [0.5, 0.6) is 0 Å². The molecule has 0 atom stereocenters. The Hall–Kier alpha value is -0.0700. The summed E-state index contributed by atoms with van der Waals surface area (Å²) in [4.78, 5) is 0. The molecule has 0 bridgehead atoms. The predicted molar refractivity (Wildman–Crippen MR) is 46.0 cm³/mol. The molecule has 0 spiro atoms. The SMILES string of the molecule is CCCCC(C)(C)C.CF. The lowest BCUT2D eigenvalue weighted by molar-refractivity contribution is 0.363. The fourth-order valence-electron chi connectivity index (χ4n) is 0.707. The van der Waals surface area contributed by atoms with Crippen molar-refractivity contribution in [2.24, 2.45) is 5.41 Å². The summed E-state index contributed by atoms with van der Waals surface area (Å²) in [6, 6.07) is 0. The van der Waals surface area contributed by atoms with E-state index in [1.807, 2.05) is 0 Å². The standard InChI is InChI=1S/C8H18.CH3F/c1-5-6-7-8(2,3)4;1-2/h5-7H2,1-4H3;1H3. The first kappa shape index (κ1) is 12.6. The molecular formula is C9H21F. The number of halogens is 1. The zero-order valence-corrected chi connectivity index (χ0v) is 8.00. The van der Waals surface area contributed by atoms with Crippen LogP contribution in [0.3, 0.4) is 0 Å². The molecule has 0 aliphatic heterocycles. The lowest BCUT2D eigenvalue weighted by Gasteiger charge is -2.16. The quantitative estimate of drug-likeness (QED) is 0.558. The van der Waals surface area contributed by atoms with Gasteiger partial charge in [0.15, 0.2) is 0 Å². The molecule has 0 heterocycles. The summed E-state index contributed by atoms with van der Waals surface area (Å²) < 4.78 is 9.50. The molecule has 0 saturated carbocycles. The van der Waals surface area contributed by atoms with E-state index in [1.54, 1.807) is 0 Å². The molecule has 0 aromatic carbocycles. The monoisotopic (exact) mass is 148 g/mol. The van der Waals surface area contributed by atoms with Crippen molar-refractivity contribution in [3.63, 3.8) is 0 Å². The van der Waals surface area contributed by atoms with E-state index in [2.05, 4.69) is 27.7 Å². The second-order valence-electron chi connectivity index (χ2n) is 3.66. The van der Waals surface area contributed by atoms with Crippen LogP contribution in [-0.4, -0.2) is 7.18 Å². The Labute approximate surface area is 64.8 Å². The molecule has 0 aromatic rings. The van der Waals surface area contributed by atoms with Crippen LogP contribution < -0.4 is 0 Å². The molecule has 0 saturated heterocycles. The maximum Gasteiger partial charge on any atom is 0.0785 e. The number of unbranched alkanes of at least 4 members (excludes halogenated alkanes) is 1. The van der Waals surface area contributed by atoms with Crippen LogP contribution in [0.25, 0.3) is 0 Å². The maximum atomic E-state index is 9.50. The molecule has 10 heavy (non-hydrogen) atoms. The Balaban J connectivity index is 0. The number of rotatable bonds is 2.